The zero-order chi connectivity index (χ0) is 19.1. The lowest BCUT2D eigenvalue weighted by Crippen LogP contribution is -2.38. The topological polar surface area (TPSA) is 84.6 Å². The van der Waals surface area contributed by atoms with E-state index in [1.165, 1.54) is 5.56 Å². The van der Waals surface area contributed by atoms with Crippen molar-refractivity contribution >= 4 is 5.91 Å². The summed E-state index contributed by atoms with van der Waals surface area (Å²) in [7, 11) is 3.84. The summed E-state index contributed by atoms with van der Waals surface area (Å²) in [5.74, 6) is 0.214. The van der Waals surface area contributed by atoms with E-state index in [-0.39, 0.29) is 11.8 Å². The van der Waals surface area contributed by atoms with Crippen LogP contribution in [0.25, 0.3) is 0 Å². The SMILES string of the molecule is Cc1nn(C)c(C)c1CCC(=O)N1Cc2[nH]cnc2C(c2cnn(C)c2)C1. The maximum absolute atomic E-state index is 13.0. The van der Waals surface area contributed by atoms with Crippen molar-refractivity contribution in [2.45, 2.75) is 39.2 Å². The van der Waals surface area contributed by atoms with Crippen LogP contribution in [0.15, 0.2) is 18.7 Å². The van der Waals surface area contributed by atoms with Gasteiger partial charge in [-0.3, -0.25) is 14.2 Å². The van der Waals surface area contributed by atoms with E-state index in [1.807, 2.05) is 43.0 Å². The summed E-state index contributed by atoms with van der Waals surface area (Å²) in [6.07, 6.45) is 6.77. The Hall–Kier alpha value is -2.90. The second-order valence-electron chi connectivity index (χ2n) is 7.31. The molecule has 0 bridgehead atoms. The van der Waals surface area contributed by atoms with Gasteiger partial charge < -0.3 is 9.88 Å². The number of hydrogen-bond acceptors (Lipinski definition) is 4. The number of carbonyl (C=O) groups is 1. The maximum Gasteiger partial charge on any atom is 0.223 e. The Labute approximate surface area is 158 Å². The van der Waals surface area contributed by atoms with Crippen molar-refractivity contribution < 1.29 is 4.79 Å². The van der Waals surface area contributed by atoms with Crippen LogP contribution >= 0.6 is 0 Å². The largest absolute Gasteiger partial charge is 0.347 e. The number of imidazole rings is 1. The Balaban J connectivity index is 1.51. The Bertz CT molecular complexity index is 980. The van der Waals surface area contributed by atoms with Crippen molar-refractivity contribution in [2.75, 3.05) is 6.54 Å². The van der Waals surface area contributed by atoms with Crippen molar-refractivity contribution in [1.29, 1.82) is 0 Å². The highest BCUT2D eigenvalue weighted by Gasteiger charge is 2.32. The minimum Gasteiger partial charge on any atom is -0.347 e. The van der Waals surface area contributed by atoms with E-state index in [0.29, 0.717) is 25.9 Å². The summed E-state index contributed by atoms with van der Waals surface area (Å²) in [4.78, 5) is 22.6. The summed E-state index contributed by atoms with van der Waals surface area (Å²) in [6.45, 7) is 5.27. The number of nitrogens with zero attached hydrogens (tertiary/aromatic N) is 6. The molecule has 3 aromatic heterocycles. The predicted molar refractivity (Wildman–Crippen MR) is 100 cm³/mol. The lowest BCUT2D eigenvalue weighted by molar-refractivity contribution is -0.132. The molecule has 4 heterocycles. The number of rotatable bonds is 4. The molecule has 8 nitrogen and oxygen atoms in total. The number of aryl methyl sites for hydroxylation is 3. The van der Waals surface area contributed by atoms with Gasteiger partial charge in [0.1, 0.15) is 0 Å². The van der Waals surface area contributed by atoms with E-state index < -0.39 is 0 Å². The van der Waals surface area contributed by atoms with Crippen LogP contribution in [-0.2, 0) is 31.9 Å². The van der Waals surface area contributed by atoms with Gasteiger partial charge in [-0.2, -0.15) is 10.2 Å². The number of amides is 1. The molecule has 0 saturated carbocycles. The maximum atomic E-state index is 13.0. The summed E-state index contributed by atoms with van der Waals surface area (Å²) >= 11 is 0. The average molecular weight is 367 g/mol. The first-order chi connectivity index (χ1) is 12.9. The van der Waals surface area contributed by atoms with Gasteiger partial charge in [0.25, 0.3) is 0 Å². The minimum atomic E-state index is 0.0551. The second kappa shape index (κ2) is 6.68. The Kier molecular flexibility index (Phi) is 4.33. The highest BCUT2D eigenvalue weighted by atomic mass is 16.2. The van der Waals surface area contributed by atoms with Crippen LogP contribution in [0.3, 0.4) is 0 Å². The van der Waals surface area contributed by atoms with E-state index in [1.54, 1.807) is 11.0 Å². The van der Waals surface area contributed by atoms with Gasteiger partial charge in [0.05, 0.1) is 36.2 Å². The van der Waals surface area contributed by atoms with Crippen LogP contribution in [0, 0.1) is 13.8 Å². The first kappa shape index (κ1) is 17.5. The van der Waals surface area contributed by atoms with Crippen molar-refractivity contribution in [1.82, 2.24) is 34.4 Å². The molecule has 0 spiro atoms. The van der Waals surface area contributed by atoms with Crippen LogP contribution < -0.4 is 0 Å². The Morgan fingerprint density at radius 3 is 2.81 bits per heavy atom. The number of H-pyrrole nitrogens is 1. The summed E-state index contributed by atoms with van der Waals surface area (Å²) in [5.41, 5.74) is 6.42. The molecule has 27 heavy (non-hydrogen) atoms. The van der Waals surface area contributed by atoms with Gasteiger partial charge >= 0.3 is 0 Å². The molecular formula is C19H25N7O. The Morgan fingerprint density at radius 1 is 1.33 bits per heavy atom. The van der Waals surface area contributed by atoms with Crippen LogP contribution in [-0.4, -0.2) is 46.9 Å². The highest BCUT2D eigenvalue weighted by Crippen LogP contribution is 2.31. The lowest BCUT2D eigenvalue weighted by atomic mass is 9.92. The molecule has 1 aliphatic heterocycles. The molecule has 0 aromatic carbocycles. The number of carbonyl (C=O) groups excluding carboxylic acids is 1. The fourth-order valence-electron chi connectivity index (χ4n) is 3.96. The van der Waals surface area contributed by atoms with Gasteiger partial charge in [0.2, 0.25) is 5.91 Å². The van der Waals surface area contributed by atoms with E-state index in [2.05, 4.69) is 27.1 Å². The first-order valence-corrected chi connectivity index (χ1v) is 9.21. The first-order valence-electron chi connectivity index (χ1n) is 9.21. The molecule has 1 atom stereocenters. The van der Waals surface area contributed by atoms with Crippen LogP contribution in [0.1, 0.15) is 46.2 Å². The van der Waals surface area contributed by atoms with Gasteiger partial charge in [0.15, 0.2) is 0 Å². The molecule has 0 radical (unpaired) electrons. The van der Waals surface area contributed by atoms with Crippen LogP contribution in [0.2, 0.25) is 0 Å². The molecule has 0 fully saturated rings. The molecule has 1 unspecified atom stereocenters. The quantitative estimate of drug-likeness (QED) is 0.759. The molecule has 0 saturated heterocycles. The molecule has 1 amide bonds. The fourth-order valence-corrected chi connectivity index (χ4v) is 3.96. The normalized spacial score (nSPS) is 16.6. The summed E-state index contributed by atoms with van der Waals surface area (Å²) < 4.78 is 3.67. The highest BCUT2D eigenvalue weighted by molar-refractivity contribution is 5.77. The third kappa shape index (κ3) is 3.15. The number of nitrogens with one attached hydrogen (secondary N) is 1. The smallest absolute Gasteiger partial charge is 0.223 e. The zero-order valence-corrected chi connectivity index (χ0v) is 16.2. The summed E-state index contributed by atoms with van der Waals surface area (Å²) in [6, 6.07) is 0. The van der Waals surface area contributed by atoms with Crippen LogP contribution in [0.5, 0.6) is 0 Å². The molecular weight excluding hydrogens is 342 g/mol. The molecule has 1 aliphatic rings. The van der Waals surface area contributed by atoms with E-state index in [9.17, 15) is 4.79 Å². The third-order valence-electron chi connectivity index (χ3n) is 5.56. The number of aromatic amines is 1. The molecule has 4 rings (SSSR count). The van der Waals surface area contributed by atoms with E-state index >= 15 is 0 Å². The second-order valence-corrected chi connectivity index (χ2v) is 7.31. The molecule has 8 heteroatoms. The molecule has 0 aliphatic carbocycles. The van der Waals surface area contributed by atoms with Gasteiger partial charge in [-0.15, -0.1) is 0 Å². The standard InChI is InChI=1S/C19H25N7O/c1-12-15(13(2)25(4)23-12)5-6-18(27)26-9-16(14-7-22-24(3)8-14)19-17(10-26)20-11-21-19/h7-8,11,16H,5-6,9-10H2,1-4H3,(H,20,21). The number of aromatic nitrogens is 6. The van der Waals surface area contributed by atoms with Crippen LogP contribution in [0.4, 0.5) is 0 Å². The van der Waals surface area contributed by atoms with E-state index in [4.69, 9.17) is 0 Å². The molecule has 1 N–H and O–H groups in total. The number of hydrogen-bond donors (Lipinski definition) is 1. The minimum absolute atomic E-state index is 0.0551. The van der Waals surface area contributed by atoms with E-state index in [0.717, 1.165) is 28.3 Å². The molecule has 3 aromatic rings. The average Bonchev–Trinajstić information content (AvgIpc) is 3.33. The molecule has 142 valence electrons. The van der Waals surface area contributed by atoms with Gasteiger partial charge in [-0.1, -0.05) is 0 Å². The monoisotopic (exact) mass is 367 g/mol. The van der Waals surface area contributed by atoms with Crippen molar-refractivity contribution in [3.05, 3.63) is 52.6 Å². The fraction of sp³-hybridized carbons (Fsp3) is 0.474. The van der Waals surface area contributed by atoms with Gasteiger partial charge in [-0.05, 0) is 25.8 Å². The summed E-state index contributed by atoms with van der Waals surface area (Å²) in [5, 5.41) is 8.73. The van der Waals surface area contributed by atoms with Crippen molar-refractivity contribution in [3.63, 3.8) is 0 Å². The number of fused-ring (bicyclic) bond motifs is 1. The zero-order valence-electron chi connectivity index (χ0n) is 16.2. The van der Waals surface area contributed by atoms with Crippen molar-refractivity contribution in [2.24, 2.45) is 14.1 Å². The van der Waals surface area contributed by atoms with Gasteiger partial charge in [-0.25, -0.2) is 4.98 Å². The Morgan fingerprint density at radius 2 is 2.15 bits per heavy atom. The van der Waals surface area contributed by atoms with Crippen molar-refractivity contribution in [3.8, 4) is 0 Å². The third-order valence-corrected chi connectivity index (χ3v) is 5.56. The predicted octanol–water partition coefficient (Wildman–Crippen LogP) is 1.60. The van der Waals surface area contributed by atoms with Gasteiger partial charge in [0, 0.05) is 50.4 Å². The lowest BCUT2D eigenvalue weighted by Gasteiger charge is -2.31.